The molecule has 0 heterocycles. The molecule has 0 spiro atoms. The van der Waals surface area contributed by atoms with Crippen molar-refractivity contribution in [1.82, 2.24) is 0 Å². The molecule has 0 amide bonds. The first-order valence-corrected chi connectivity index (χ1v) is 10.7. The summed E-state index contributed by atoms with van der Waals surface area (Å²) in [5.74, 6) is -27.9. The maximum absolute atomic E-state index is 14.4. The van der Waals surface area contributed by atoms with Crippen LogP contribution in [0, 0.1) is 0 Å². The van der Waals surface area contributed by atoms with E-state index in [1.165, 1.54) is 0 Å². The standard InChI is InChI=1S/C9H12F10O3SSi/c1-24(2,3)9(19,23(20,21)22)8(17,18)7(15,16)6(13,14)5(11,12)4-10/h4H2,1-3H3,(H,20,21,22). The molecule has 0 saturated carbocycles. The van der Waals surface area contributed by atoms with Crippen LogP contribution in [-0.2, 0) is 10.1 Å². The second kappa shape index (κ2) is 5.72. The number of rotatable bonds is 7. The zero-order valence-electron chi connectivity index (χ0n) is 12.2. The third-order valence-corrected chi connectivity index (χ3v) is 8.96. The van der Waals surface area contributed by atoms with E-state index in [4.69, 9.17) is 4.55 Å². The van der Waals surface area contributed by atoms with Crippen molar-refractivity contribution >= 4 is 18.2 Å². The highest BCUT2D eigenvalue weighted by molar-refractivity contribution is 7.89. The maximum atomic E-state index is 14.4. The molecule has 0 fully saturated rings. The first-order valence-electron chi connectivity index (χ1n) is 5.79. The van der Waals surface area contributed by atoms with Gasteiger partial charge in [-0.3, -0.25) is 4.55 Å². The zero-order valence-corrected chi connectivity index (χ0v) is 14.0. The highest BCUT2D eigenvalue weighted by Gasteiger charge is 2.89. The smallest absolute Gasteiger partial charge is 0.283 e. The minimum absolute atomic E-state index is 0.343. The molecular formula is C9H12F10O3SSi. The fraction of sp³-hybridized carbons (Fsp3) is 1.00. The van der Waals surface area contributed by atoms with Gasteiger partial charge >= 0.3 is 33.8 Å². The van der Waals surface area contributed by atoms with Gasteiger partial charge in [0.1, 0.15) is 8.07 Å². The number of hydrogen-bond acceptors (Lipinski definition) is 2. The van der Waals surface area contributed by atoms with Crippen LogP contribution in [0.1, 0.15) is 0 Å². The Balaban J connectivity index is 6.80. The third kappa shape index (κ3) is 2.81. The summed E-state index contributed by atoms with van der Waals surface area (Å²) in [6.45, 7) is -2.48. The van der Waals surface area contributed by atoms with Crippen LogP contribution in [-0.4, -0.2) is 56.0 Å². The van der Waals surface area contributed by atoms with Gasteiger partial charge in [-0.15, -0.1) is 0 Å². The van der Waals surface area contributed by atoms with Crippen molar-refractivity contribution < 1.29 is 56.9 Å². The Kier molecular flexibility index (Phi) is 5.58. The molecule has 0 aromatic carbocycles. The summed E-state index contributed by atoms with van der Waals surface area (Å²) in [5.41, 5.74) is 0. The average molecular weight is 418 g/mol. The minimum Gasteiger partial charge on any atom is -0.283 e. The van der Waals surface area contributed by atoms with Crippen LogP contribution >= 0.6 is 0 Å². The van der Waals surface area contributed by atoms with Crippen LogP contribution in [0.2, 0.25) is 19.6 Å². The van der Waals surface area contributed by atoms with Crippen molar-refractivity contribution in [3.63, 3.8) is 0 Å². The van der Waals surface area contributed by atoms with E-state index in [1.54, 1.807) is 0 Å². The van der Waals surface area contributed by atoms with Crippen molar-refractivity contribution in [3.8, 4) is 0 Å². The normalized spacial score (nSPS) is 18.4. The molecule has 0 radical (unpaired) electrons. The summed E-state index contributed by atoms with van der Waals surface area (Å²) in [4.78, 5) is 0. The van der Waals surface area contributed by atoms with Gasteiger partial charge < -0.3 is 0 Å². The highest BCUT2D eigenvalue weighted by atomic mass is 32.2. The Bertz CT molecular complexity index is 585. The van der Waals surface area contributed by atoms with Gasteiger partial charge in [-0.1, -0.05) is 19.6 Å². The van der Waals surface area contributed by atoms with Gasteiger partial charge in [0.15, 0.2) is 6.67 Å². The Morgan fingerprint density at radius 3 is 1.33 bits per heavy atom. The van der Waals surface area contributed by atoms with E-state index >= 15 is 0 Å². The number of alkyl halides is 10. The summed E-state index contributed by atoms with van der Waals surface area (Å²) in [6.07, 6.45) is 0. The van der Waals surface area contributed by atoms with E-state index in [1.807, 2.05) is 0 Å². The summed E-state index contributed by atoms with van der Waals surface area (Å²) in [6, 6.07) is 0. The van der Waals surface area contributed by atoms with Crippen molar-refractivity contribution in [2.75, 3.05) is 6.67 Å². The topological polar surface area (TPSA) is 54.4 Å². The van der Waals surface area contributed by atoms with Crippen molar-refractivity contribution in [3.05, 3.63) is 0 Å². The van der Waals surface area contributed by atoms with Crippen molar-refractivity contribution in [2.45, 2.75) is 48.0 Å². The Morgan fingerprint density at radius 1 is 0.792 bits per heavy atom. The number of hydrogen-bond donors (Lipinski definition) is 1. The maximum Gasteiger partial charge on any atom is 0.382 e. The second-order valence-corrected chi connectivity index (χ2v) is 12.9. The molecule has 24 heavy (non-hydrogen) atoms. The lowest BCUT2D eigenvalue weighted by molar-refractivity contribution is -0.375. The van der Waals surface area contributed by atoms with Crippen LogP contribution in [0.5, 0.6) is 0 Å². The van der Waals surface area contributed by atoms with Gasteiger partial charge in [-0.2, -0.15) is 43.5 Å². The molecule has 0 aromatic heterocycles. The largest absolute Gasteiger partial charge is 0.382 e. The molecule has 0 aliphatic heterocycles. The van der Waals surface area contributed by atoms with Gasteiger partial charge in [0.2, 0.25) is 0 Å². The molecule has 15 heteroatoms. The number of halogens is 10. The van der Waals surface area contributed by atoms with E-state index < -0.39 is 53.2 Å². The predicted octanol–water partition coefficient (Wildman–Crippen LogP) is 3.93. The minimum atomic E-state index is -7.36. The fourth-order valence-corrected chi connectivity index (χ4v) is 6.38. The molecular weight excluding hydrogens is 406 g/mol. The zero-order chi connectivity index (χ0) is 20.2. The lowest BCUT2D eigenvalue weighted by Crippen LogP contribution is -2.75. The van der Waals surface area contributed by atoms with Gasteiger partial charge in [0.05, 0.1) is 0 Å². The molecule has 1 unspecified atom stereocenters. The van der Waals surface area contributed by atoms with Crippen LogP contribution in [0.15, 0.2) is 0 Å². The van der Waals surface area contributed by atoms with E-state index in [-0.39, 0.29) is 0 Å². The van der Waals surface area contributed by atoms with Crippen LogP contribution in [0.25, 0.3) is 0 Å². The quantitative estimate of drug-likeness (QED) is 0.387. The van der Waals surface area contributed by atoms with Crippen molar-refractivity contribution in [1.29, 1.82) is 0 Å². The summed E-state index contributed by atoms with van der Waals surface area (Å²) < 4.78 is 157. The Morgan fingerprint density at radius 2 is 1.12 bits per heavy atom. The third-order valence-electron chi connectivity index (χ3n) is 3.14. The van der Waals surface area contributed by atoms with E-state index in [0.717, 1.165) is 0 Å². The molecule has 0 aromatic rings. The Hall–Kier alpha value is -0.573. The molecule has 1 atom stereocenters. The van der Waals surface area contributed by atoms with Gasteiger partial charge in [-0.25, -0.2) is 8.78 Å². The first-order chi connectivity index (χ1) is 10.1. The SMILES string of the molecule is C[Si](C)(C)C(F)(C(F)(F)C(F)(F)C(F)(F)C(F)(F)CF)S(=O)(=O)O. The summed E-state index contributed by atoms with van der Waals surface area (Å²) >= 11 is 0. The molecule has 3 nitrogen and oxygen atoms in total. The summed E-state index contributed by atoms with van der Waals surface area (Å²) in [5, 5.41) is 0. The monoisotopic (exact) mass is 418 g/mol. The van der Waals surface area contributed by atoms with Crippen LogP contribution in [0.4, 0.5) is 43.9 Å². The molecule has 0 aliphatic carbocycles. The first kappa shape index (κ1) is 23.4. The summed E-state index contributed by atoms with van der Waals surface area (Å²) in [7, 11) is -11.6. The van der Waals surface area contributed by atoms with E-state index in [0.29, 0.717) is 19.6 Å². The molecule has 0 saturated heterocycles. The Labute approximate surface area is 130 Å². The average Bonchev–Trinajstić information content (AvgIpc) is 2.33. The highest BCUT2D eigenvalue weighted by Crippen LogP contribution is 2.59. The lowest BCUT2D eigenvalue weighted by Gasteiger charge is -2.44. The van der Waals surface area contributed by atoms with Gasteiger partial charge in [0, 0.05) is 0 Å². The van der Waals surface area contributed by atoms with Crippen LogP contribution < -0.4 is 0 Å². The molecule has 0 aliphatic rings. The molecule has 146 valence electrons. The van der Waals surface area contributed by atoms with Crippen molar-refractivity contribution in [2.24, 2.45) is 0 Å². The van der Waals surface area contributed by atoms with Crippen LogP contribution in [0.3, 0.4) is 0 Å². The molecule has 1 N–H and O–H groups in total. The fourth-order valence-electron chi connectivity index (χ4n) is 1.73. The molecule has 0 bridgehead atoms. The van der Waals surface area contributed by atoms with E-state index in [9.17, 15) is 52.3 Å². The van der Waals surface area contributed by atoms with E-state index in [2.05, 4.69) is 0 Å². The van der Waals surface area contributed by atoms with Gasteiger partial charge in [-0.05, 0) is 0 Å². The molecule has 0 rings (SSSR count). The van der Waals surface area contributed by atoms with Gasteiger partial charge in [0.25, 0.3) is 4.62 Å². The predicted molar refractivity (Wildman–Crippen MR) is 64.5 cm³/mol. The lowest BCUT2D eigenvalue weighted by atomic mass is 9.99. The second-order valence-electron chi connectivity index (χ2n) is 5.88.